The second kappa shape index (κ2) is 4.36. The zero-order valence-corrected chi connectivity index (χ0v) is 9.04. The van der Waals surface area contributed by atoms with Crippen molar-refractivity contribution in [1.29, 1.82) is 0 Å². The van der Waals surface area contributed by atoms with Gasteiger partial charge in [0.25, 0.3) is 5.91 Å². The summed E-state index contributed by atoms with van der Waals surface area (Å²) in [6, 6.07) is -0.662. The molecule has 90 valence electrons. The van der Waals surface area contributed by atoms with Crippen molar-refractivity contribution in [2.24, 2.45) is 5.73 Å². The van der Waals surface area contributed by atoms with Crippen LogP contribution >= 0.6 is 0 Å². The molecule has 0 saturated carbocycles. The van der Waals surface area contributed by atoms with Crippen molar-refractivity contribution in [2.75, 3.05) is 11.4 Å². The van der Waals surface area contributed by atoms with Gasteiger partial charge in [0.2, 0.25) is 0 Å². The van der Waals surface area contributed by atoms with Crippen LogP contribution in [0.4, 0.5) is 5.82 Å². The van der Waals surface area contributed by atoms with Crippen LogP contribution < -0.4 is 10.6 Å². The number of carbonyl (C=O) groups is 2. The van der Waals surface area contributed by atoms with E-state index >= 15 is 0 Å². The summed E-state index contributed by atoms with van der Waals surface area (Å²) in [6.45, 7) is 0.538. The fourth-order valence-electron chi connectivity index (χ4n) is 1.99. The number of aromatic nitrogens is 2. The number of primary amides is 1. The Balaban J connectivity index is 2.39. The minimum absolute atomic E-state index is 0.0145. The Morgan fingerprint density at radius 2 is 2.12 bits per heavy atom. The molecule has 0 aromatic carbocycles. The third-order valence-corrected chi connectivity index (χ3v) is 2.72. The second-order valence-electron chi connectivity index (χ2n) is 3.78. The molecule has 0 spiro atoms. The van der Waals surface area contributed by atoms with Gasteiger partial charge in [0.05, 0.1) is 0 Å². The zero-order chi connectivity index (χ0) is 12.4. The van der Waals surface area contributed by atoms with Crippen LogP contribution in [0.1, 0.15) is 23.3 Å². The number of hydrogen-bond donors (Lipinski definition) is 2. The monoisotopic (exact) mass is 236 g/mol. The van der Waals surface area contributed by atoms with E-state index in [1.807, 2.05) is 0 Å². The van der Waals surface area contributed by atoms with Crippen LogP contribution in [0, 0.1) is 0 Å². The molecule has 7 heteroatoms. The standard InChI is InChI=1S/C10H12N4O3/c11-8(15)7-9(13-4-3-12-7)14-5-1-2-6(14)10(16)17/h3-4,6H,1-2,5H2,(H2,11,15)(H,16,17). The van der Waals surface area contributed by atoms with E-state index in [1.54, 1.807) is 4.90 Å². The Bertz CT molecular complexity index is 463. The summed E-state index contributed by atoms with van der Waals surface area (Å²) < 4.78 is 0. The van der Waals surface area contributed by atoms with E-state index in [2.05, 4.69) is 9.97 Å². The summed E-state index contributed by atoms with van der Waals surface area (Å²) in [5, 5.41) is 9.07. The van der Waals surface area contributed by atoms with Gasteiger partial charge in [0.1, 0.15) is 6.04 Å². The topological polar surface area (TPSA) is 109 Å². The summed E-state index contributed by atoms with van der Waals surface area (Å²) >= 11 is 0. The molecule has 1 fully saturated rings. The molecule has 1 atom stereocenters. The molecule has 1 saturated heterocycles. The van der Waals surface area contributed by atoms with Crippen LogP contribution in [0.2, 0.25) is 0 Å². The average Bonchev–Trinajstić information content (AvgIpc) is 2.77. The van der Waals surface area contributed by atoms with Crippen molar-refractivity contribution < 1.29 is 14.7 Å². The molecule has 3 N–H and O–H groups in total. The molecule has 7 nitrogen and oxygen atoms in total. The van der Waals surface area contributed by atoms with Crippen LogP contribution in [-0.4, -0.2) is 39.5 Å². The molecule has 1 aromatic rings. The highest BCUT2D eigenvalue weighted by atomic mass is 16.4. The highest BCUT2D eigenvalue weighted by Crippen LogP contribution is 2.25. The second-order valence-corrected chi connectivity index (χ2v) is 3.78. The van der Waals surface area contributed by atoms with E-state index in [-0.39, 0.29) is 11.5 Å². The SMILES string of the molecule is NC(=O)c1nccnc1N1CCCC1C(=O)O. The molecular weight excluding hydrogens is 224 g/mol. The summed E-state index contributed by atoms with van der Waals surface area (Å²) in [7, 11) is 0. The van der Waals surface area contributed by atoms with E-state index in [1.165, 1.54) is 12.4 Å². The number of anilines is 1. The van der Waals surface area contributed by atoms with E-state index in [0.717, 1.165) is 6.42 Å². The number of carboxylic acids is 1. The molecule has 1 aliphatic rings. The number of amides is 1. The first-order chi connectivity index (χ1) is 8.11. The van der Waals surface area contributed by atoms with Gasteiger partial charge in [0, 0.05) is 18.9 Å². The molecule has 1 unspecified atom stereocenters. The van der Waals surface area contributed by atoms with Crippen molar-refractivity contribution in [3.05, 3.63) is 18.1 Å². The molecule has 0 aliphatic carbocycles. The van der Waals surface area contributed by atoms with Crippen LogP contribution in [0.5, 0.6) is 0 Å². The van der Waals surface area contributed by atoms with Gasteiger partial charge in [-0.2, -0.15) is 0 Å². The maximum absolute atomic E-state index is 11.2. The van der Waals surface area contributed by atoms with Gasteiger partial charge < -0.3 is 15.7 Å². The lowest BCUT2D eigenvalue weighted by Gasteiger charge is -2.23. The van der Waals surface area contributed by atoms with Gasteiger partial charge in [-0.15, -0.1) is 0 Å². The first-order valence-corrected chi connectivity index (χ1v) is 5.21. The van der Waals surface area contributed by atoms with Gasteiger partial charge in [-0.1, -0.05) is 0 Å². The van der Waals surface area contributed by atoms with Crippen LogP contribution in [-0.2, 0) is 4.79 Å². The Morgan fingerprint density at radius 3 is 2.76 bits per heavy atom. The third kappa shape index (κ3) is 2.03. The maximum atomic E-state index is 11.2. The van der Waals surface area contributed by atoms with Crippen molar-refractivity contribution in [3.63, 3.8) is 0 Å². The fraction of sp³-hybridized carbons (Fsp3) is 0.400. The minimum Gasteiger partial charge on any atom is -0.480 e. The largest absolute Gasteiger partial charge is 0.480 e. The Morgan fingerprint density at radius 1 is 1.41 bits per heavy atom. The van der Waals surface area contributed by atoms with E-state index in [9.17, 15) is 9.59 Å². The third-order valence-electron chi connectivity index (χ3n) is 2.72. The Kier molecular flexibility index (Phi) is 2.90. The molecule has 1 amide bonds. The normalized spacial score (nSPS) is 19.3. The number of carboxylic acid groups (broad SMARTS) is 1. The number of nitrogens with zero attached hydrogens (tertiary/aromatic N) is 3. The van der Waals surface area contributed by atoms with Crippen molar-refractivity contribution in [2.45, 2.75) is 18.9 Å². The van der Waals surface area contributed by atoms with Gasteiger partial charge >= 0.3 is 5.97 Å². The highest BCUT2D eigenvalue weighted by molar-refractivity contribution is 5.96. The lowest BCUT2D eigenvalue weighted by atomic mass is 10.2. The molecule has 2 heterocycles. The number of nitrogens with two attached hydrogens (primary N) is 1. The molecular formula is C10H12N4O3. The predicted octanol–water partition coefficient (Wildman–Crippen LogP) is -0.371. The summed E-state index contributed by atoms with van der Waals surface area (Å²) in [6.07, 6.45) is 4.05. The van der Waals surface area contributed by atoms with Gasteiger partial charge in [-0.25, -0.2) is 14.8 Å². The van der Waals surface area contributed by atoms with Crippen LogP contribution in [0.15, 0.2) is 12.4 Å². The summed E-state index contributed by atoms with van der Waals surface area (Å²) in [5.41, 5.74) is 5.20. The molecule has 17 heavy (non-hydrogen) atoms. The molecule has 0 bridgehead atoms. The molecule has 1 aromatic heterocycles. The first-order valence-electron chi connectivity index (χ1n) is 5.21. The number of hydrogen-bond acceptors (Lipinski definition) is 5. The molecule has 1 aliphatic heterocycles. The number of carbonyl (C=O) groups excluding carboxylic acids is 1. The zero-order valence-electron chi connectivity index (χ0n) is 9.04. The van der Waals surface area contributed by atoms with Crippen molar-refractivity contribution >= 4 is 17.7 Å². The lowest BCUT2D eigenvalue weighted by molar-refractivity contribution is -0.138. The number of rotatable bonds is 3. The first kappa shape index (κ1) is 11.3. The maximum Gasteiger partial charge on any atom is 0.326 e. The number of aliphatic carboxylic acids is 1. The van der Waals surface area contributed by atoms with Crippen molar-refractivity contribution in [1.82, 2.24) is 9.97 Å². The predicted molar refractivity (Wildman–Crippen MR) is 58.6 cm³/mol. The van der Waals surface area contributed by atoms with E-state index in [4.69, 9.17) is 10.8 Å². The van der Waals surface area contributed by atoms with E-state index in [0.29, 0.717) is 13.0 Å². The smallest absolute Gasteiger partial charge is 0.326 e. The van der Waals surface area contributed by atoms with E-state index < -0.39 is 17.9 Å². The summed E-state index contributed by atoms with van der Waals surface area (Å²) in [5.74, 6) is -1.38. The molecule has 0 radical (unpaired) electrons. The Hall–Kier alpha value is -2.18. The van der Waals surface area contributed by atoms with Gasteiger partial charge in [-0.05, 0) is 12.8 Å². The summed E-state index contributed by atoms with van der Waals surface area (Å²) in [4.78, 5) is 31.7. The van der Waals surface area contributed by atoms with Crippen LogP contribution in [0.3, 0.4) is 0 Å². The molecule has 2 rings (SSSR count). The van der Waals surface area contributed by atoms with Crippen LogP contribution in [0.25, 0.3) is 0 Å². The Labute approximate surface area is 97.3 Å². The lowest BCUT2D eigenvalue weighted by Crippen LogP contribution is -2.38. The minimum atomic E-state index is -0.927. The highest BCUT2D eigenvalue weighted by Gasteiger charge is 2.33. The fourth-order valence-corrected chi connectivity index (χ4v) is 1.99. The van der Waals surface area contributed by atoms with Gasteiger partial charge in [0.15, 0.2) is 11.5 Å². The quantitative estimate of drug-likeness (QED) is 0.740. The van der Waals surface area contributed by atoms with Gasteiger partial charge in [-0.3, -0.25) is 4.79 Å². The van der Waals surface area contributed by atoms with Crippen molar-refractivity contribution in [3.8, 4) is 0 Å². The average molecular weight is 236 g/mol.